The Labute approximate surface area is 108 Å². The maximum absolute atomic E-state index is 0. The molecule has 0 aromatic heterocycles. The molecule has 0 aromatic carbocycles. The van der Waals surface area contributed by atoms with Crippen LogP contribution in [0.2, 0.25) is 0 Å². The molecule has 0 aromatic rings. The van der Waals surface area contributed by atoms with Crippen molar-refractivity contribution in [2.75, 3.05) is 0 Å². The normalized spacial score (nSPS) is 0. The molecule has 0 unspecified atom stereocenters. The van der Waals surface area contributed by atoms with Crippen LogP contribution >= 0.6 is 0 Å². The van der Waals surface area contributed by atoms with E-state index in [4.69, 9.17) is 0 Å². The molecule has 5 heteroatoms. The van der Waals surface area contributed by atoms with E-state index >= 15 is 0 Å². The Morgan fingerprint density at radius 2 is 1.00 bits per heavy atom. The minimum absolute atomic E-state index is 0. The Hall–Kier alpha value is 3.56. The van der Waals surface area contributed by atoms with Gasteiger partial charge in [0.05, 0.1) is 0 Å². The molecule has 0 amide bonds. The van der Waals surface area contributed by atoms with Crippen LogP contribution in [-0.4, -0.2) is 17.4 Å². The van der Waals surface area contributed by atoms with Gasteiger partial charge in [0, 0.05) is 93.0 Å². The summed E-state index contributed by atoms with van der Waals surface area (Å²) in [6, 6.07) is 0. The van der Waals surface area contributed by atoms with E-state index in [0.29, 0.717) is 0 Å². The molecule has 0 heterocycles. The fourth-order valence-electron chi connectivity index (χ4n) is 0. The predicted octanol–water partition coefficient (Wildman–Crippen LogP) is -1.19. The van der Waals surface area contributed by atoms with Crippen LogP contribution in [0, 0.1) is 0 Å². The van der Waals surface area contributed by atoms with Gasteiger partial charge in [0.2, 0.25) is 0 Å². The van der Waals surface area contributed by atoms with Gasteiger partial charge >= 0.3 is 0 Å². The molecule has 1 radical (unpaired) electrons. The molecule has 0 saturated carbocycles. The van der Waals surface area contributed by atoms with Gasteiger partial charge in [0.15, 0.2) is 17.4 Å². The van der Waals surface area contributed by atoms with Gasteiger partial charge in [0.25, 0.3) is 0 Å². The van der Waals surface area contributed by atoms with Crippen LogP contribution in [0.1, 0.15) is 0 Å². The summed E-state index contributed by atoms with van der Waals surface area (Å²) in [6.45, 7) is 0. The van der Waals surface area contributed by atoms with E-state index < -0.39 is 0 Å². The average Bonchev–Trinajstić information content (AvgIpc) is 0. The molecule has 0 atom stereocenters. The third-order valence-corrected chi connectivity index (χ3v) is 0. The van der Waals surface area contributed by atoms with Crippen LogP contribution in [0.5, 0.6) is 0 Å². The van der Waals surface area contributed by atoms with Crippen molar-refractivity contribution < 1.29 is 93.0 Å². The van der Waals surface area contributed by atoms with Crippen LogP contribution < -0.4 is 0 Å². The first-order valence-electron chi connectivity index (χ1n) is 0. The third kappa shape index (κ3) is 18.4. The number of hydrogen-bond acceptors (Lipinski definition) is 0. The Bertz CT molecular complexity index is 11.6. The summed E-state index contributed by atoms with van der Waals surface area (Å²) in [5, 5.41) is 0. The third-order valence-electron chi connectivity index (χ3n) is 0. The van der Waals surface area contributed by atoms with Crippen molar-refractivity contribution in [3.8, 4) is 0 Å². The second kappa shape index (κ2) is 25.7. The molecule has 0 fully saturated rings. The standard InChI is InChI=1S/Al.Cr.Fe.Hf.Y.3H. The monoisotopic (exact) mass is 407 g/mol. The van der Waals surface area contributed by atoms with Gasteiger partial charge in [-0.15, -0.1) is 0 Å². The maximum Gasteiger partial charge on any atom is 0.187 e. The van der Waals surface area contributed by atoms with Crippen molar-refractivity contribution in [3.63, 3.8) is 0 Å². The molecular formula is H3AlCrFeHfY. The summed E-state index contributed by atoms with van der Waals surface area (Å²) in [7, 11) is 0. The number of hydrogen-bond donors (Lipinski definition) is 0. The van der Waals surface area contributed by atoms with Crippen molar-refractivity contribution in [3.05, 3.63) is 0 Å². The van der Waals surface area contributed by atoms with Gasteiger partial charge in [-0.1, -0.05) is 0 Å². The van der Waals surface area contributed by atoms with Crippen LogP contribution in [0.3, 0.4) is 0 Å². The van der Waals surface area contributed by atoms with E-state index in [9.17, 15) is 0 Å². The molecule has 0 saturated heterocycles. The predicted molar refractivity (Wildman–Crippen MR) is 9.94 cm³/mol. The second-order valence-corrected chi connectivity index (χ2v) is 0. The van der Waals surface area contributed by atoms with Gasteiger partial charge < -0.3 is 0 Å². The first-order chi connectivity index (χ1) is 0. The molecule has 0 spiro atoms. The summed E-state index contributed by atoms with van der Waals surface area (Å²) in [6.07, 6.45) is 0. The summed E-state index contributed by atoms with van der Waals surface area (Å²) in [4.78, 5) is 0. The zero-order valence-electron chi connectivity index (χ0n) is 1.84. The minimum atomic E-state index is 0. The molecular weight excluding hydrogens is 402 g/mol. The van der Waals surface area contributed by atoms with Gasteiger partial charge in [-0.25, -0.2) is 0 Å². The van der Waals surface area contributed by atoms with Gasteiger partial charge in [-0.2, -0.15) is 0 Å². The smallest absolute Gasteiger partial charge is 0 e. The summed E-state index contributed by atoms with van der Waals surface area (Å²) in [5.41, 5.74) is 0. The zero-order chi connectivity index (χ0) is 0. The summed E-state index contributed by atoms with van der Waals surface area (Å²) >= 11 is 0. The fourth-order valence-corrected chi connectivity index (χ4v) is 0. The molecule has 0 aliphatic carbocycles. The Morgan fingerprint density at radius 1 is 1.00 bits per heavy atom. The van der Waals surface area contributed by atoms with Gasteiger partial charge in [-0.05, 0) is 0 Å². The number of rotatable bonds is 0. The zero-order valence-corrected chi connectivity index (χ0v) is 10.6. The second-order valence-electron chi connectivity index (χ2n) is 0. The Kier molecular flexibility index (Phi) is 198. The van der Waals surface area contributed by atoms with Crippen LogP contribution in [-0.2, 0) is 93.0 Å². The Morgan fingerprint density at radius 3 is 1.00 bits per heavy atom. The molecule has 0 N–H and O–H groups in total. The molecule has 5 heavy (non-hydrogen) atoms. The average molecular weight is 405 g/mol. The van der Waals surface area contributed by atoms with Gasteiger partial charge in [0.1, 0.15) is 0 Å². The molecule has 0 bridgehead atoms. The molecule has 0 rings (SSSR count). The van der Waals surface area contributed by atoms with E-state index in [2.05, 4.69) is 0 Å². The maximum atomic E-state index is 0. The van der Waals surface area contributed by atoms with Crippen molar-refractivity contribution in [2.24, 2.45) is 0 Å². The van der Waals surface area contributed by atoms with Crippen LogP contribution in [0.4, 0.5) is 0 Å². The van der Waals surface area contributed by atoms with E-state index in [0.717, 1.165) is 0 Å². The van der Waals surface area contributed by atoms with Crippen molar-refractivity contribution in [1.29, 1.82) is 0 Å². The van der Waals surface area contributed by atoms with Crippen LogP contribution in [0.25, 0.3) is 0 Å². The summed E-state index contributed by atoms with van der Waals surface area (Å²) in [5.74, 6) is 0. The quantitative estimate of drug-likeness (QED) is 0.445. The molecule has 0 aliphatic rings. The first kappa shape index (κ1) is 38.6. The van der Waals surface area contributed by atoms with E-state index in [1.807, 2.05) is 0 Å². The molecule has 0 nitrogen and oxygen atoms in total. The summed E-state index contributed by atoms with van der Waals surface area (Å²) < 4.78 is 0. The fraction of sp³-hybridized carbons (Fsp3) is 0. The van der Waals surface area contributed by atoms with Crippen molar-refractivity contribution in [2.45, 2.75) is 0 Å². The Balaban J connectivity index is 0. The van der Waals surface area contributed by atoms with Crippen molar-refractivity contribution in [1.82, 2.24) is 0 Å². The van der Waals surface area contributed by atoms with E-state index in [-0.39, 0.29) is 110 Å². The van der Waals surface area contributed by atoms with Crippen molar-refractivity contribution >= 4 is 17.4 Å². The van der Waals surface area contributed by atoms with Crippen LogP contribution in [0.15, 0.2) is 0 Å². The largest absolute Gasteiger partial charge is 0.187 e. The minimum Gasteiger partial charge on any atom is 0 e. The SMILES string of the molecule is [AlH3].[Cr].[Fe].[Hf].[Y]. The first-order valence-corrected chi connectivity index (χ1v) is 0. The van der Waals surface area contributed by atoms with Gasteiger partial charge in [-0.3, -0.25) is 0 Å². The topological polar surface area (TPSA) is 0 Å². The van der Waals surface area contributed by atoms with E-state index in [1.54, 1.807) is 0 Å². The van der Waals surface area contributed by atoms with E-state index in [1.165, 1.54) is 0 Å². The molecule has 27 valence electrons. The molecule has 0 aliphatic heterocycles.